The third-order valence-electron chi connectivity index (χ3n) is 4.82. The predicted molar refractivity (Wildman–Crippen MR) is 86.8 cm³/mol. The van der Waals surface area contributed by atoms with E-state index >= 15 is 0 Å². The highest BCUT2D eigenvalue weighted by molar-refractivity contribution is 7.91. The fourth-order valence-corrected chi connectivity index (χ4v) is 5.19. The molecule has 4 nitrogen and oxygen atoms in total. The van der Waals surface area contributed by atoms with Gasteiger partial charge in [-0.2, -0.15) is 0 Å². The Balaban J connectivity index is 1.61. The van der Waals surface area contributed by atoms with Gasteiger partial charge in [0.05, 0.1) is 11.5 Å². The van der Waals surface area contributed by atoms with Gasteiger partial charge in [0.25, 0.3) is 5.91 Å². The van der Waals surface area contributed by atoms with Crippen LogP contribution in [-0.2, 0) is 9.84 Å². The van der Waals surface area contributed by atoms with Crippen LogP contribution in [0, 0.1) is 0 Å². The van der Waals surface area contributed by atoms with E-state index in [0.717, 1.165) is 0 Å². The van der Waals surface area contributed by atoms with Gasteiger partial charge in [0.1, 0.15) is 0 Å². The minimum Gasteiger partial charge on any atom is -0.348 e. The monoisotopic (exact) mass is 321 g/mol. The maximum atomic E-state index is 12.2. The van der Waals surface area contributed by atoms with Crippen molar-refractivity contribution in [2.45, 2.75) is 50.5 Å². The van der Waals surface area contributed by atoms with E-state index in [1.165, 1.54) is 37.7 Å². The molecule has 120 valence electrons. The summed E-state index contributed by atoms with van der Waals surface area (Å²) in [6, 6.07) is 7.59. The number of rotatable bonds is 3. The van der Waals surface area contributed by atoms with Gasteiger partial charge in [-0.15, -0.1) is 0 Å². The number of nitrogens with one attached hydrogen (secondary N) is 1. The molecule has 1 saturated carbocycles. The molecule has 1 N–H and O–H groups in total. The van der Waals surface area contributed by atoms with Gasteiger partial charge in [0, 0.05) is 11.6 Å². The summed E-state index contributed by atoms with van der Waals surface area (Å²) in [5.74, 6) is 0.709. The first-order valence-corrected chi connectivity index (χ1v) is 9.97. The van der Waals surface area contributed by atoms with Crippen molar-refractivity contribution in [1.29, 1.82) is 0 Å². The van der Waals surface area contributed by atoms with E-state index in [-0.39, 0.29) is 23.5 Å². The molecular weight excluding hydrogens is 298 g/mol. The van der Waals surface area contributed by atoms with Crippen molar-refractivity contribution in [3.63, 3.8) is 0 Å². The molecule has 5 heteroatoms. The number of carbonyl (C=O) groups is 1. The van der Waals surface area contributed by atoms with Crippen molar-refractivity contribution in [3.05, 3.63) is 35.4 Å². The molecule has 1 saturated heterocycles. The Morgan fingerprint density at radius 3 is 2.27 bits per heavy atom. The summed E-state index contributed by atoms with van der Waals surface area (Å²) in [4.78, 5) is 12.2. The number of sulfone groups is 1. The standard InChI is InChI=1S/C17H23NO3S/c19-17(18-16-10-11-22(20,21)12-16)15-8-6-14(7-9-15)13-4-2-1-3-5-13/h6-9,13,16H,1-5,10-12H2,(H,18,19)/t16-/m1/s1. The number of hydrogen-bond acceptors (Lipinski definition) is 3. The Morgan fingerprint density at radius 1 is 1.00 bits per heavy atom. The minimum atomic E-state index is -2.96. The van der Waals surface area contributed by atoms with E-state index in [1.807, 2.05) is 12.1 Å². The van der Waals surface area contributed by atoms with Gasteiger partial charge in [-0.1, -0.05) is 31.4 Å². The van der Waals surface area contributed by atoms with Crippen LogP contribution in [0.3, 0.4) is 0 Å². The van der Waals surface area contributed by atoms with Crippen LogP contribution in [0.15, 0.2) is 24.3 Å². The molecule has 3 rings (SSSR count). The Labute approximate surface area is 132 Å². The molecule has 2 aliphatic rings. The lowest BCUT2D eigenvalue weighted by molar-refractivity contribution is 0.0941. The Kier molecular flexibility index (Phi) is 4.52. The first-order chi connectivity index (χ1) is 10.5. The molecule has 1 aromatic rings. The zero-order valence-corrected chi connectivity index (χ0v) is 13.6. The zero-order chi connectivity index (χ0) is 15.6. The Bertz CT molecular complexity index is 630. The predicted octanol–water partition coefficient (Wildman–Crippen LogP) is 2.65. The average molecular weight is 321 g/mol. The molecule has 0 aromatic heterocycles. The van der Waals surface area contributed by atoms with Gasteiger partial charge >= 0.3 is 0 Å². The number of hydrogen-bond donors (Lipinski definition) is 1. The molecule has 1 heterocycles. The van der Waals surface area contributed by atoms with E-state index in [4.69, 9.17) is 0 Å². The smallest absolute Gasteiger partial charge is 0.251 e. The highest BCUT2D eigenvalue weighted by Gasteiger charge is 2.29. The lowest BCUT2D eigenvalue weighted by Gasteiger charge is -2.22. The van der Waals surface area contributed by atoms with Crippen LogP contribution >= 0.6 is 0 Å². The SMILES string of the molecule is O=C(N[C@@H]1CCS(=O)(=O)C1)c1ccc(C2CCCCC2)cc1. The average Bonchev–Trinajstić information content (AvgIpc) is 2.87. The minimum absolute atomic E-state index is 0.0684. The maximum absolute atomic E-state index is 12.2. The quantitative estimate of drug-likeness (QED) is 0.931. The Morgan fingerprint density at radius 2 is 1.68 bits per heavy atom. The molecule has 1 amide bonds. The number of benzene rings is 1. The molecule has 1 aromatic carbocycles. The maximum Gasteiger partial charge on any atom is 0.251 e. The fourth-order valence-electron chi connectivity index (χ4n) is 3.52. The van der Waals surface area contributed by atoms with Crippen LogP contribution in [0.5, 0.6) is 0 Å². The third-order valence-corrected chi connectivity index (χ3v) is 6.59. The van der Waals surface area contributed by atoms with Gasteiger partial charge < -0.3 is 5.32 Å². The summed E-state index contributed by atoms with van der Waals surface area (Å²) in [5, 5.41) is 2.83. The highest BCUT2D eigenvalue weighted by Crippen LogP contribution is 2.32. The third kappa shape index (κ3) is 3.69. The summed E-state index contributed by atoms with van der Waals surface area (Å²) in [5.41, 5.74) is 1.93. The van der Waals surface area contributed by atoms with E-state index < -0.39 is 9.84 Å². The van der Waals surface area contributed by atoms with Crippen LogP contribution < -0.4 is 5.32 Å². The van der Waals surface area contributed by atoms with Crippen LogP contribution in [0.2, 0.25) is 0 Å². The molecule has 1 atom stereocenters. The summed E-state index contributed by atoms with van der Waals surface area (Å²) in [7, 11) is -2.96. The van der Waals surface area contributed by atoms with Gasteiger partial charge in [-0.05, 0) is 42.9 Å². The molecule has 0 spiro atoms. The lowest BCUT2D eigenvalue weighted by atomic mass is 9.84. The summed E-state index contributed by atoms with van der Waals surface area (Å²) in [6.45, 7) is 0. The Hall–Kier alpha value is -1.36. The summed E-state index contributed by atoms with van der Waals surface area (Å²) < 4.78 is 22.9. The zero-order valence-electron chi connectivity index (χ0n) is 12.8. The molecule has 0 radical (unpaired) electrons. The topological polar surface area (TPSA) is 63.2 Å². The van der Waals surface area contributed by atoms with Crippen molar-refractivity contribution < 1.29 is 13.2 Å². The molecule has 0 unspecified atom stereocenters. The first-order valence-electron chi connectivity index (χ1n) is 8.15. The van der Waals surface area contributed by atoms with Gasteiger partial charge in [-0.25, -0.2) is 8.42 Å². The van der Waals surface area contributed by atoms with E-state index in [2.05, 4.69) is 17.4 Å². The van der Waals surface area contributed by atoms with Crippen LogP contribution in [0.1, 0.15) is 60.4 Å². The van der Waals surface area contributed by atoms with E-state index in [1.54, 1.807) is 0 Å². The second-order valence-corrected chi connectivity index (χ2v) is 8.76. The fraction of sp³-hybridized carbons (Fsp3) is 0.588. The second kappa shape index (κ2) is 6.41. The number of amides is 1. The van der Waals surface area contributed by atoms with E-state index in [0.29, 0.717) is 17.9 Å². The van der Waals surface area contributed by atoms with Crippen molar-refractivity contribution in [1.82, 2.24) is 5.32 Å². The van der Waals surface area contributed by atoms with Crippen molar-refractivity contribution in [2.75, 3.05) is 11.5 Å². The summed E-state index contributed by atoms with van der Waals surface area (Å²) in [6.07, 6.45) is 6.93. The van der Waals surface area contributed by atoms with Crippen LogP contribution in [0.25, 0.3) is 0 Å². The molecule has 0 bridgehead atoms. The normalized spacial score (nSPS) is 25.0. The molecule has 1 aliphatic carbocycles. The van der Waals surface area contributed by atoms with Crippen LogP contribution in [0.4, 0.5) is 0 Å². The van der Waals surface area contributed by atoms with Crippen molar-refractivity contribution in [2.24, 2.45) is 0 Å². The van der Waals surface area contributed by atoms with Gasteiger partial charge in [0.2, 0.25) is 0 Å². The molecule has 1 aliphatic heterocycles. The van der Waals surface area contributed by atoms with Gasteiger partial charge in [-0.3, -0.25) is 4.79 Å². The molecular formula is C17H23NO3S. The lowest BCUT2D eigenvalue weighted by Crippen LogP contribution is -2.35. The van der Waals surface area contributed by atoms with Crippen LogP contribution in [-0.4, -0.2) is 31.9 Å². The van der Waals surface area contributed by atoms with E-state index in [9.17, 15) is 13.2 Å². The van der Waals surface area contributed by atoms with Gasteiger partial charge in [0.15, 0.2) is 9.84 Å². The summed E-state index contributed by atoms with van der Waals surface area (Å²) >= 11 is 0. The van der Waals surface area contributed by atoms with Crippen molar-refractivity contribution in [3.8, 4) is 0 Å². The largest absolute Gasteiger partial charge is 0.348 e. The first kappa shape index (κ1) is 15.5. The molecule has 22 heavy (non-hydrogen) atoms. The van der Waals surface area contributed by atoms with Crippen molar-refractivity contribution >= 4 is 15.7 Å². The highest BCUT2D eigenvalue weighted by atomic mass is 32.2. The number of carbonyl (C=O) groups excluding carboxylic acids is 1. The second-order valence-electron chi connectivity index (χ2n) is 6.53. The molecule has 2 fully saturated rings.